The number of hydrogen-bond donors (Lipinski definition) is 1. The fraction of sp³-hybridized carbons (Fsp3) is 0.0769. The molecule has 2 N–H and O–H groups in total. The summed E-state index contributed by atoms with van der Waals surface area (Å²) in [7, 11) is -1.41. The van der Waals surface area contributed by atoms with Crippen molar-refractivity contribution in [3.63, 3.8) is 0 Å². The Hall–Kier alpha value is -2.26. The van der Waals surface area contributed by atoms with E-state index in [0.29, 0.717) is 16.1 Å². The van der Waals surface area contributed by atoms with E-state index in [1.165, 1.54) is 24.5 Å². The monoisotopic (exact) mass is 275 g/mol. The number of nitrogens with zero attached hydrogens (tertiary/aromatic N) is 2. The zero-order chi connectivity index (χ0) is 13.8. The van der Waals surface area contributed by atoms with Gasteiger partial charge in [-0.15, -0.1) is 0 Å². The first kappa shape index (κ1) is 13.2. The lowest BCUT2D eigenvalue weighted by atomic mass is 10.1. The molecule has 1 aromatic carbocycles. The molecule has 1 heterocycles. The topological polar surface area (TPSA) is 79.8 Å². The van der Waals surface area contributed by atoms with Gasteiger partial charge in [-0.2, -0.15) is 5.26 Å². The van der Waals surface area contributed by atoms with E-state index in [0.717, 1.165) is 6.07 Å². The summed E-state index contributed by atoms with van der Waals surface area (Å²) in [6.07, 6.45) is 2.91. The zero-order valence-corrected chi connectivity index (χ0v) is 10.7. The van der Waals surface area contributed by atoms with Crippen LogP contribution in [0.5, 0.6) is 0 Å². The summed E-state index contributed by atoms with van der Waals surface area (Å²) in [6, 6.07) is 7.33. The molecule has 19 heavy (non-hydrogen) atoms. The van der Waals surface area contributed by atoms with Gasteiger partial charge in [0.25, 0.3) is 0 Å². The maximum Gasteiger partial charge on any atom is 0.124 e. The quantitative estimate of drug-likeness (QED) is 0.928. The molecule has 0 radical (unpaired) electrons. The van der Waals surface area contributed by atoms with Crippen molar-refractivity contribution in [2.45, 2.75) is 10.6 Å². The van der Waals surface area contributed by atoms with Crippen molar-refractivity contribution in [3.8, 4) is 6.07 Å². The molecule has 1 aromatic heterocycles. The van der Waals surface area contributed by atoms with Crippen molar-refractivity contribution in [2.24, 2.45) is 0 Å². The molecule has 0 bridgehead atoms. The molecule has 2 rings (SSSR count). The molecular weight excluding hydrogens is 265 g/mol. The summed E-state index contributed by atoms with van der Waals surface area (Å²) in [4.78, 5) is 4.27. The van der Waals surface area contributed by atoms with E-state index >= 15 is 0 Å². The van der Waals surface area contributed by atoms with Gasteiger partial charge in [0, 0.05) is 6.20 Å². The minimum Gasteiger partial charge on any atom is -0.396 e. The third-order valence-corrected chi connectivity index (χ3v) is 3.90. The van der Waals surface area contributed by atoms with Crippen LogP contribution in [-0.4, -0.2) is 9.19 Å². The van der Waals surface area contributed by atoms with Crippen LogP contribution in [0.4, 0.5) is 10.1 Å². The van der Waals surface area contributed by atoms with Gasteiger partial charge < -0.3 is 5.73 Å². The van der Waals surface area contributed by atoms with E-state index in [1.807, 2.05) is 6.07 Å². The van der Waals surface area contributed by atoms with Gasteiger partial charge in [-0.1, -0.05) is 0 Å². The largest absolute Gasteiger partial charge is 0.396 e. The fourth-order valence-electron chi connectivity index (χ4n) is 1.63. The lowest BCUT2D eigenvalue weighted by Gasteiger charge is -2.05. The molecule has 6 heteroatoms. The second-order valence-corrected chi connectivity index (χ2v) is 5.28. The number of nitrogen functional groups attached to an aromatic ring is 1. The molecule has 0 aliphatic heterocycles. The van der Waals surface area contributed by atoms with Crippen LogP contribution >= 0.6 is 0 Å². The number of hydrogen-bond acceptors (Lipinski definition) is 4. The molecule has 2 aromatic rings. The Morgan fingerprint density at radius 1 is 1.42 bits per heavy atom. The molecule has 1 atom stereocenters. The second kappa shape index (κ2) is 5.59. The van der Waals surface area contributed by atoms with Gasteiger partial charge in [0.2, 0.25) is 0 Å². The van der Waals surface area contributed by atoms with Crippen LogP contribution in [0.15, 0.2) is 41.6 Å². The molecule has 0 aliphatic carbocycles. The summed E-state index contributed by atoms with van der Waals surface area (Å²) in [5.41, 5.74) is 6.71. The smallest absolute Gasteiger partial charge is 0.124 e. The summed E-state index contributed by atoms with van der Waals surface area (Å²) in [5, 5.41) is 8.76. The van der Waals surface area contributed by atoms with Crippen molar-refractivity contribution < 1.29 is 8.60 Å². The second-order valence-electron chi connectivity index (χ2n) is 3.86. The Labute approximate surface area is 112 Å². The van der Waals surface area contributed by atoms with E-state index in [-0.39, 0.29) is 11.3 Å². The van der Waals surface area contributed by atoms with E-state index in [9.17, 15) is 8.60 Å². The Balaban J connectivity index is 2.27. The molecule has 4 nitrogen and oxygen atoms in total. The molecule has 0 saturated carbocycles. The number of benzene rings is 1. The number of aromatic nitrogens is 1. The number of rotatable bonds is 3. The SMILES string of the molecule is N#Cc1cc(F)cc(CS(=O)c2ccncc2N)c1. The van der Waals surface area contributed by atoms with Gasteiger partial charge in [0.05, 0.1) is 45.0 Å². The molecule has 0 saturated heterocycles. The lowest BCUT2D eigenvalue weighted by molar-refractivity contribution is 0.625. The Kier molecular flexibility index (Phi) is 3.88. The van der Waals surface area contributed by atoms with E-state index in [1.54, 1.807) is 6.07 Å². The van der Waals surface area contributed by atoms with Gasteiger partial charge in [-0.25, -0.2) is 4.39 Å². The van der Waals surface area contributed by atoms with Crippen molar-refractivity contribution in [3.05, 3.63) is 53.6 Å². The molecule has 0 fully saturated rings. The van der Waals surface area contributed by atoms with Crippen LogP contribution in [0.3, 0.4) is 0 Å². The highest BCUT2D eigenvalue weighted by Crippen LogP contribution is 2.19. The third kappa shape index (κ3) is 3.14. The lowest BCUT2D eigenvalue weighted by Crippen LogP contribution is -2.02. The number of nitriles is 1. The highest BCUT2D eigenvalue weighted by molar-refractivity contribution is 7.84. The highest BCUT2D eigenvalue weighted by Gasteiger charge is 2.10. The summed E-state index contributed by atoms with van der Waals surface area (Å²) >= 11 is 0. The first-order valence-corrected chi connectivity index (χ1v) is 6.69. The van der Waals surface area contributed by atoms with Crippen LogP contribution in [-0.2, 0) is 16.6 Å². The van der Waals surface area contributed by atoms with Gasteiger partial charge in [-0.3, -0.25) is 9.19 Å². The Bertz CT molecular complexity index is 682. The standard InChI is InChI=1S/C13H10FN3OS/c14-11-4-9(6-15)3-10(5-11)8-19(18)13-1-2-17-7-12(13)16/h1-5,7H,8,16H2. The molecule has 0 spiro atoms. The van der Waals surface area contributed by atoms with Gasteiger partial charge in [-0.05, 0) is 29.8 Å². The third-order valence-electron chi connectivity index (χ3n) is 2.44. The van der Waals surface area contributed by atoms with E-state index in [4.69, 9.17) is 11.0 Å². The predicted molar refractivity (Wildman–Crippen MR) is 69.9 cm³/mol. The summed E-state index contributed by atoms with van der Waals surface area (Å²) in [6.45, 7) is 0. The maximum absolute atomic E-state index is 13.3. The van der Waals surface area contributed by atoms with E-state index in [2.05, 4.69) is 4.98 Å². The van der Waals surface area contributed by atoms with Crippen LogP contribution in [0, 0.1) is 17.1 Å². The van der Waals surface area contributed by atoms with Crippen LogP contribution in [0.25, 0.3) is 0 Å². The minimum atomic E-state index is -1.41. The summed E-state index contributed by atoms with van der Waals surface area (Å²) < 4.78 is 25.4. The number of halogens is 1. The Morgan fingerprint density at radius 3 is 2.89 bits per heavy atom. The normalized spacial score (nSPS) is 11.8. The van der Waals surface area contributed by atoms with Gasteiger partial charge >= 0.3 is 0 Å². The Morgan fingerprint density at radius 2 is 2.21 bits per heavy atom. The van der Waals surface area contributed by atoms with E-state index < -0.39 is 16.6 Å². The van der Waals surface area contributed by atoms with Gasteiger partial charge in [0.1, 0.15) is 5.82 Å². The first-order valence-electron chi connectivity index (χ1n) is 5.37. The molecule has 0 amide bonds. The predicted octanol–water partition coefficient (Wildman–Crippen LogP) is 1.98. The maximum atomic E-state index is 13.3. The minimum absolute atomic E-state index is 0.0979. The molecular formula is C13H10FN3OS. The van der Waals surface area contributed by atoms with Crippen molar-refractivity contribution in [2.75, 3.05) is 5.73 Å². The fourth-order valence-corrected chi connectivity index (χ4v) is 2.78. The van der Waals surface area contributed by atoms with Crippen molar-refractivity contribution in [1.29, 1.82) is 5.26 Å². The molecule has 96 valence electrons. The zero-order valence-electron chi connectivity index (χ0n) is 9.84. The van der Waals surface area contributed by atoms with Crippen LogP contribution in [0.1, 0.15) is 11.1 Å². The number of nitrogens with two attached hydrogens (primary N) is 1. The van der Waals surface area contributed by atoms with Gasteiger partial charge in [0.15, 0.2) is 0 Å². The average molecular weight is 275 g/mol. The van der Waals surface area contributed by atoms with Crippen LogP contribution in [0.2, 0.25) is 0 Å². The number of anilines is 1. The molecule has 0 aliphatic rings. The van der Waals surface area contributed by atoms with Crippen molar-refractivity contribution >= 4 is 16.5 Å². The van der Waals surface area contributed by atoms with Crippen molar-refractivity contribution in [1.82, 2.24) is 4.98 Å². The summed E-state index contributed by atoms with van der Waals surface area (Å²) in [5.74, 6) is -0.422. The number of pyridine rings is 1. The highest BCUT2D eigenvalue weighted by atomic mass is 32.2. The molecule has 1 unspecified atom stereocenters. The van der Waals surface area contributed by atoms with Crippen LogP contribution < -0.4 is 5.73 Å². The average Bonchev–Trinajstić information content (AvgIpc) is 2.38. The first-order chi connectivity index (χ1) is 9.10.